The topological polar surface area (TPSA) is 55.4 Å². The van der Waals surface area contributed by atoms with Gasteiger partial charge < -0.3 is 10.1 Å². The molecule has 0 saturated carbocycles. The van der Waals surface area contributed by atoms with E-state index in [0.29, 0.717) is 25.1 Å². The van der Waals surface area contributed by atoms with Crippen LogP contribution >= 0.6 is 0 Å². The number of hydrogen-bond acceptors (Lipinski definition) is 3. The Labute approximate surface area is 72.6 Å². The molecule has 1 N–H and O–H groups in total. The molecular formula is C8H15NO3. The van der Waals surface area contributed by atoms with Gasteiger partial charge in [0.15, 0.2) is 0 Å². The quantitative estimate of drug-likeness (QED) is 0.365. The Morgan fingerprint density at radius 1 is 1.58 bits per heavy atom. The van der Waals surface area contributed by atoms with Crippen molar-refractivity contribution in [2.45, 2.75) is 6.92 Å². The summed E-state index contributed by atoms with van der Waals surface area (Å²) in [4.78, 5) is 18.9. The van der Waals surface area contributed by atoms with Crippen LogP contribution in [-0.2, 0) is 14.3 Å². The summed E-state index contributed by atoms with van der Waals surface area (Å²) in [5.74, 6) is 0. The lowest BCUT2D eigenvalue weighted by Gasteiger charge is -1.92. The van der Waals surface area contributed by atoms with E-state index in [4.69, 9.17) is 0 Å². The van der Waals surface area contributed by atoms with Crippen molar-refractivity contribution in [1.82, 2.24) is 5.32 Å². The molecule has 0 aromatic heterocycles. The molecule has 0 rings (SSSR count). The molecule has 0 aromatic carbocycles. The highest BCUT2D eigenvalue weighted by Gasteiger charge is 1.75. The number of ether oxygens (including phenoxy) is 1. The smallest absolute Gasteiger partial charge is 0.207 e. The third-order valence-corrected chi connectivity index (χ3v) is 0.735. The number of nitrogens with one attached hydrogen (secondary N) is 1. The summed E-state index contributed by atoms with van der Waals surface area (Å²) in [7, 11) is 1.59. The molecule has 1 amide bonds. The van der Waals surface area contributed by atoms with Crippen molar-refractivity contribution in [3.05, 3.63) is 12.2 Å². The molecule has 0 aromatic rings. The van der Waals surface area contributed by atoms with Gasteiger partial charge in [0.05, 0.1) is 6.61 Å². The van der Waals surface area contributed by atoms with Gasteiger partial charge in [-0.15, -0.1) is 0 Å². The van der Waals surface area contributed by atoms with Gasteiger partial charge in [0.25, 0.3) is 0 Å². The van der Waals surface area contributed by atoms with E-state index in [1.165, 1.54) is 0 Å². The lowest BCUT2D eigenvalue weighted by Crippen LogP contribution is -2.16. The Morgan fingerprint density at radius 2 is 2.08 bits per heavy atom. The maximum Gasteiger partial charge on any atom is 0.207 e. The van der Waals surface area contributed by atoms with Gasteiger partial charge in [0.1, 0.15) is 6.29 Å². The number of rotatable bonds is 5. The van der Waals surface area contributed by atoms with Crippen LogP contribution in [0.4, 0.5) is 0 Å². The fourth-order valence-corrected chi connectivity index (χ4v) is 0.220. The van der Waals surface area contributed by atoms with Crippen molar-refractivity contribution in [2.75, 3.05) is 20.3 Å². The van der Waals surface area contributed by atoms with Crippen molar-refractivity contribution >= 4 is 12.7 Å². The minimum atomic E-state index is 0.574. The molecule has 0 atom stereocenters. The number of methoxy groups -OCH3 is 1. The second-order valence-corrected chi connectivity index (χ2v) is 2.03. The predicted octanol–water partition coefficient (Wildman–Crippen LogP) is 0.140. The fraction of sp³-hybridized carbons (Fsp3) is 0.500. The van der Waals surface area contributed by atoms with Crippen molar-refractivity contribution in [1.29, 1.82) is 0 Å². The van der Waals surface area contributed by atoms with Gasteiger partial charge in [0, 0.05) is 13.7 Å². The van der Waals surface area contributed by atoms with E-state index in [1.807, 2.05) is 0 Å². The monoisotopic (exact) mass is 173 g/mol. The van der Waals surface area contributed by atoms with Gasteiger partial charge in [-0.05, 0) is 12.5 Å². The number of allylic oxidation sites excluding steroid dienone is 1. The van der Waals surface area contributed by atoms with Gasteiger partial charge >= 0.3 is 0 Å². The first-order valence-corrected chi connectivity index (χ1v) is 3.45. The van der Waals surface area contributed by atoms with Gasteiger partial charge in [-0.1, -0.05) is 6.58 Å². The van der Waals surface area contributed by atoms with Gasteiger partial charge in [-0.25, -0.2) is 0 Å². The molecule has 70 valence electrons. The highest BCUT2D eigenvalue weighted by molar-refractivity contribution is 5.70. The molecule has 0 aliphatic heterocycles. The Kier molecular flexibility index (Phi) is 14.0. The summed E-state index contributed by atoms with van der Waals surface area (Å²) < 4.78 is 4.62. The molecule has 0 bridgehead atoms. The van der Waals surface area contributed by atoms with Crippen LogP contribution in [0.5, 0.6) is 0 Å². The molecule has 0 saturated heterocycles. The number of hydrogen-bond donors (Lipinski definition) is 1. The Bertz CT molecular complexity index is 134. The van der Waals surface area contributed by atoms with Crippen LogP contribution in [0.15, 0.2) is 12.2 Å². The summed E-state index contributed by atoms with van der Waals surface area (Å²) in [6, 6.07) is 0. The molecule has 0 fully saturated rings. The summed E-state index contributed by atoms with van der Waals surface area (Å²) >= 11 is 0. The lowest BCUT2D eigenvalue weighted by atomic mass is 10.4. The van der Waals surface area contributed by atoms with Crippen LogP contribution in [0, 0.1) is 0 Å². The highest BCUT2D eigenvalue weighted by atomic mass is 16.5. The van der Waals surface area contributed by atoms with E-state index >= 15 is 0 Å². The molecule has 0 aliphatic rings. The zero-order valence-corrected chi connectivity index (χ0v) is 7.50. The van der Waals surface area contributed by atoms with E-state index in [2.05, 4.69) is 16.6 Å². The van der Waals surface area contributed by atoms with Crippen molar-refractivity contribution in [3.8, 4) is 0 Å². The summed E-state index contributed by atoms with van der Waals surface area (Å²) in [6.07, 6.45) is 1.37. The average Bonchev–Trinajstić information content (AvgIpc) is 2.07. The van der Waals surface area contributed by atoms with E-state index in [9.17, 15) is 9.59 Å². The Hall–Kier alpha value is -1.16. The first-order chi connectivity index (χ1) is 5.68. The van der Waals surface area contributed by atoms with Gasteiger partial charge in [0.2, 0.25) is 6.41 Å². The molecule has 0 aliphatic carbocycles. The number of carbonyl (C=O) groups excluding carboxylic acids is 2. The van der Waals surface area contributed by atoms with E-state index in [-0.39, 0.29) is 0 Å². The highest BCUT2D eigenvalue weighted by Crippen LogP contribution is 1.70. The lowest BCUT2D eigenvalue weighted by molar-refractivity contribution is -0.109. The van der Waals surface area contributed by atoms with Crippen LogP contribution in [0.2, 0.25) is 0 Å². The van der Waals surface area contributed by atoms with E-state index in [1.54, 1.807) is 14.0 Å². The van der Waals surface area contributed by atoms with Crippen molar-refractivity contribution in [2.24, 2.45) is 0 Å². The second kappa shape index (κ2) is 12.5. The van der Waals surface area contributed by atoms with Gasteiger partial charge in [-0.2, -0.15) is 0 Å². The maximum absolute atomic E-state index is 9.51. The van der Waals surface area contributed by atoms with Crippen LogP contribution < -0.4 is 5.32 Å². The molecule has 0 radical (unpaired) electrons. The van der Waals surface area contributed by atoms with Crippen molar-refractivity contribution in [3.63, 3.8) is 0 Å². The normalized spacial score (nSPS) is 7.50. The van der Waals surface area contributed by atoms with Crippen molar-refractivity contribution < 1.29 is 14.3 Å². The number of aldehydes is 1. The molecule has 12 heavy (non-hydrogen) atoms. The largest absolute Gasteiger partial charge is 0.383 e. The first kappa shape index (κ1) is 13.4. The van der Waals surface area contributed by atoms with Gasteiger partial charge in [-0.3, -0.25) is 9.59 Å². The minimum absolute atomic E-state index is 0.574. The summed E-state index contributed by atoms with van der Waals surface area (Å²) in [5.41, 5.74) is 0.574. The predicted molar refractivity (Wildman–Crippen MR) is 46.8 cm³/mol. The van der Waals surface area contributed by atoms with Crippen LogP contribution in [0.3, 0.4) is 0 Å². The first-order valence-electron chi connectivity index (χ1n) is 3.45. The summed E-state index contributed by atoms with van der Waals surface area (Å²) in [6.45, 7) is 6.14. The standard InChI is InChI=1S/C4H9NO2.C4H6O/c1-7-3-2-5-4-6;1-4(2)3-5/h4H,2-3H2,1H3,(H,5,6);3H,1H2,2H3. The Balaban J connectivity index is 0. The van der Waals surface area contributed by atoms with Crippen LogP contribution in [0.25, 0.3) is 0 Å². The second-order valence-electron chi connectivity index (χ2n) is 2.03. The third kappa shape index (κ3) is 23.2. The molecule has 0 unspecified atom stereocenters. The van der Waals surface area contributed by atoms with E-state index < -0.39 is 0 Å². The Morgan fingerprint density at radius 3 is 2.33 bits per heavy atom. The molecule has 4 nitrogen and oxygen atoms in total. The summed E-state index contributed by atoms with van der Waals surface area (Å²) in [5, 5.41) is 2.44. The number of amides is 1. The third-order valence-electron chi connectivity index (χ3n) is 0.735. The molecule has 0 spiro atoms. The molecular weight excluding hydrogens is 158 g/mol. The fourth-order valence-electron chi connectivity index (χ4n) is 0.220. The average molecular weight is 173 g/mol. The maximum atomic E-state index is 9.51. The SMILES string of the molecule is C=C(C)C=O.COCCNC=O. The molecule has 0 heterocycles. The number of carbonyl (C=O) groups is 2. The van der Waals surface area contributed by atoms with Crippen LogP contribution in [-0.4, -0.2) is 33.0 Å². The zero-order chi connectivity index (χ0) is 9.82. The van der Waals surface area contributed by atoms with E-state index in [0.717, 1.165) is 6.29 Å². The molecule has 4 heteroatoms. The zero-order valence-electron chi connectivity index (χ0n) is 7.50. The van der Waals surface area contributed by atoms with Crippen LogP contribution in [0.1, 0.15) is 6.92 Å². The minimum Gasteiger partial charge on any atom is -0.383 e.